The van der Waals surface area contributed by atoms with Gasteiger partial charge < -0.3 is 24.0 Å². The lowest BCUT2D eigenvalue weighted by molar-refractivity contribution is 0.669. The Bertz CT molecular complexity index is 4780. The summed E-state index contributed by atoms with van der Waals surface area (Å²) in [4.78, 5) is 10.7. The summed E-state index contributed by atoms with van der Waals surface area (Å²) < 4.78 is 6.95. The second-order valence-corrected chi connectivity index (χ2v) is 24.1. The third-order valence-corrected chi connectivity index (χ3v) is 19.6. The van der Waals surface area contributed by atoms with Crippen LogP contribution < -0.4 is 85.2 Å². The van der Waals surface area contributed by atoms with Crippen molar-refractivity contribution in [2.24, 2.45) is 0 Å². The van der Waals surface area contributed by atoms with Gasteiger partial charge in [-0.3, -0.25) is 0 Å². The van der Waals surface area contributed by atoms with Gasteiger partial charge in [-0.15, -0.1) is 0 Å². The number of para-hydroxylation sites is 7. The van der Waals surface area contributed by atoms with Crippen LogP contribution in [0.5, 0.6) is 0 Å². The SMILES string of the molecule is CC(C)c1cccc(C(C)C)c1B1c2ccccc2N(c2ccccc2)c2cc3c(cc21)B1c2ccc4oc5ccccc5c4c2N2c4ccccc4B4c5ccccc5N5c6ccccc6B6c7ccccc7N3c3c6c5c4c2c31. The Morgan fingerprint density at radius 1 is 0.296 bits per heavy atom. The lowest BCUT2D eigenvalue weighted by atomic mass is 9.24. The third-order valence-electron chi connectivity index (χ3n) is 19.6. The summed E-state index contributed by atoms with van der Waals surface area (Å²) in [5.41, 5.74) is 35.9. The number of benzene rings is 11. The fourth-order valence-electron chi connectivity index (χ4n) is 16.7. The van der Waals surface area contributed by atoms with E-state index < -0.39 is 0 Å². The molecular formula is C72H50B4N4O. The van der Waals surface area contributed by atoms with Gasteiger partial charge in [0.1, 0.15) is 11.2 Å². The van der Waals surface area contributed by atoms with E-state index in [2.05, 4.69) is 266 Å². The first kappa shape index (κ1) is 44.5. The van der Waals surface area contributed by atoms with Gasteiger partial charge in [0.05, 0.1) is 11.1 Å². The van der Waals surface area contributed by atoms with Crippen LogP contribution in [0, 0.1) is 0 Å². The van der Waals surface area contributed by atoms with Gasteiger partial charge in [-0.2, -0.15) is 0 Å². The number of nitrogens with zero attached hydrogens (tertiary/aromatic N) is 4. The van der Waals surface area contributed by atoms with Crippen LogP contribution in [0.3, 0.4) is 0 Å². The largest absolute Gasteiger partial charge is 0.456 e. The standard InChI is InChI=1S/C72H50B4N4O/c1-41(2)44-24-20-25-45(42(3)4)65(44)75-47-26-9-14-31-55(47)77(43-21-6-5-7-22-43)60-40-61-54(39-53(60)75)76-52-37-38-63-64(46-23-8-19-36-62(46)81-63)69(52)80-59-35-18-13-30-51(59)74-49-28-11-16-33-57(49)78-56-32-15-10-27-48(56)73-50-29-12-17-34-58(50)79(61)71-66(73)70(78)67(74)72(80)68(71)76/h5-42H,1-4H3. The molecule has 0 N–H and O–H groups in total. The molecule has 0 saturated heterocycles. The van der Waals surface area contributed by atoms with Crippen LogP contribution in [0.4, 0.5) is 68.2 Å². The summed E-state index contributed by atoms with van der Waals surface area (Å²) in [5, 5.41) is 2.30. The first-order valence-electron chi connectivity index (χ1n) is 29.1. The molecule has 0 amide bonds. The Morgan fingerprint density at radius 3 is 1.26 bits per heavy atom. The van der Waals surface area contributed by atoms with Gasteiger partial charge in [-0.1, -0.05) is 191 Å². The van der Waals surface area contributed by atoms with Crippen molar-refractivity contribution in [3.05, 3.63) is 230 Å². The predicted molar refractivity (Wildman–Crippen MR) is 346 cm³/mol. The van der Waals surface area contributed by atoms with Gasteiger partial charge in [-0.05, 0) is 144 Å². The highest BCUT2D eigenvalue weighted by Gasteiger charge is 2.58. The molecule has 376 valence electrons. The molecular weight excluding hydrogens is 980 g/mol. The van der Waals surface area contributed by atoms with Crippen LogP contribution >= 0.6 is 0 Å². The van der Waals surface area contributed by atoms with E-state index in [4.69, 9.17) is 4.42 Å². The number of hydrogen-bond donors (Lipinski definition) is 0. The molecule has 0 spiro atoms. The number of hydrogen-bond acceptors (Lipinski definition) is 5. The van der Waals surface area contributed by atoms with Crippen LogP contribution in [0.15, 0.2) is 223 Å². The molecule has 19 rings (SSSR count). The van der Waals surface area contributed by atoms with E-state index in [0.29, 0.717) is 11.8 Å². The third kappa shape index (κ3) is 5.43. The number of furan rings is 1. The summed E-state index contributed by atoms with van der Waals surface area (Å²) in [5.74, 6) is 0.628. The topological polar surface area (TPSA) is 26.1 Å². The Kier molecular flexibility index (Phi) is 8.65. The molecule has 0 aliphatic carbocycles. The minimum atomic E-state index is -0.148. The minimum absolute atomic E-state index is 0.00596. The Hall–Kier alpha value is -9.32. The van der Waals surface area contributed by atoms with Crippen molar-refractivity contribution in [2.45, 2.75) is 39.5 Å². The van der Waals surface area contributed by atoms with E-state index >= 15 is 0 Å². The maximum absolute atomic E-state index is 6.95. The summed E-state index contributed by atoms with van der Waals surface area (Å²) >= 11 is 0. The van der Waals surface area contributed by atoms with E-state index in [-0.39, 0.29) is 26.9 Å². The zero-order chi connectivity index (χ0) is 53.3. The maximum atomic E-state index is 6.95. The van der Waals surface area contributed by atoms with E-state index in [1.807, 2.05) is 0 Å². The molecule has 0 saturated carbocycles. The Labute approximate surface area is 473 Å². The zero-order valence-electron chi connectivity index (χ0n) is 45.4. The molecule has 9 heteroatoms. The van der Waals surface area contributed by atoms with Crippen molar-refractivity contribution in [1.82, 2.24) is 0 Å². The van der Waals surface area contributed by atoms with E-state index in [0.717, 1.165) is 22.2 Å². The number of rotatable bonds is 4. The summed E-state index contributed by atoms with van der Waals surface area (Å²) in [7, 11) is 0. The quantitative estimate of drug-likeness (QED) is 0.164. The fraction of sp³-hybridized carbons (Fsp3) is 0.0833. The Balaban J connectivity index is 1.03. The van der Waals surface area contributed by atoms with Gasteiger partial charge in [0.2, 0.25) is 6.71 Å². The predicted octanol–water partition coefficient (Wildman–Crippen LogP) is 9.97. The lowest BCUT2D eigenvalue weighted by Crippen LogP contribution is -2.75. The molecule has 0 unspecified atom stereocenters. The molecule has 1 aromatic heterocycles. The van der Waals surface area contributed by atoms with Crippen LogP contribution in [0.25, 0.3) is 21.9 Å². The molecule has 7 aliphatic heterocycles. The number of anilines is 12. The smallest absolute Gasteiger partial charge is 0.252 e. The molecule has 0 radical (unpaired) electrons. The second-order valence-electron chi connectivity index (χ2n) is 24.1. The first-order chi connectivity index (χ1) is 39.9. The summed E-state index contributed by atoms with van der Waals surface area (Å²) in [6.07, 6.45) is 0. The normalized spacial score (nSPS) is 14.7. The molecule has 8 heterocycles. The molecule has 12 aromatic rings. The Morgan fingerprint density at radius 2 is 0.716 bits per heavy atom. The van der Waals surface area contributed by atoms with E-state index in [1.165, 1.54) is 145 Å². The molecule has 0 bridgehead atoms. The monoisotopic (exact) mass is 1030 g/mol. The highest BCUT2D eigenvalue weighted by molar-refractivity contribution is 7.09. The zero-order valence-corrected chi connectivity index (χ0v) is 45.4. The van der Waals surface area contributed by atoms with E-state index in [1.54, 1.807) is 0 Å². The average Bonchev–Trinajstić information content (AvgIpc) is 1.26. The van der Waals surface area contributed by atoms with Crippen molar-refractivity contribution in [2.75, 3.05) is 19.6 Å². The summed E-state index contributed by atoms with van der Waals surface area (Å²) in [6.45, 7) is 9.32. The number of fused-ring (bicyclic) bond motifs is 24. The van der Waals surface area contributed by atoms with Crippen molar-refractivity contribution < 1.29 is 4.42 Å². The maximum Gasteiger partial charge on any atom is 0.252 e. The lowest BCUT2D eigenvalue weighted by Gasteiger charge is -2.56. The van der Waals surface area contributed by atoms with Gasteiger partial charge in [0.15, 0.2) is 0 Å². The van der Waals surface area contributed by atoms with Crippen molar-refractivity contribution in [1.29, 1.82) is 0 Å². The molecule has 5 nitrogen and oxygen atoms in total. The van der Waals surface area contributed by atoms with Crippen molar-refractivity contribution in [3.8, 4) is 0 Å². The highest BCUT2D eigenvalue weighted by Crippen LogP contribution is 2.54. The molecule has 7 aliphatic rings. The average molecular weight is 1030 g/mol. The highest BCUT2D eigenvalue weighted by atomic mass is 16.3. The molecule has 0 atom stereocenters. The van der Waals surface area contributed by atoms with Crippen LogP contribution in [-0.4, -0.2) is 26.9 Å². The van der Waals surface area contributed by atoms with Gasteiger partial charge in [0, 0.05) is 67.9 Å². The van der Waals surface area contributed by atoms with Gasteiger partial charge in [0.25, 0.3) is 20.1 Å². The van der Waals surface area contributed by atoms with E-state index in [9.17, 15) is 0 Å². The van der Waals surface area contributed by atoms with Crippen LogP contribution in [-0.2, 0) is 0 Å². The molecule has 11 aromatic carbocycles. The minimum Gasteiger partial charge on any atom is -0.456 e. The van der Waals surface area contributed by atoms with Crippen molar-refractivity contribution >= 4 is 183 Å². The summed E-state index contributed by atoms with van der Waals surface area (Å²) in [6, 6.07) is 83.7. The van der Waals surface area contributed by atoms with Crippen LogP contribution in [0.2, 0.25) is 0 Å². The fourth-order valence-corrected chi connectivity index (χ4v) is 16.7. The van der Waals surface area contributed by atoms with Gasteiger partial charge >= 0.3 is 0 Å². The molecule has 81 heavy (non-hydrogen) atoms. The second kappa shape index (κ2) is 15.7. The molecule has 0 fully saturated rings. The van der Waals surface area contributed by atoms with Crippen molar-refractivity contribution in [3.63, 3.8) is 0 Å². The van der Waals surface area contributed by atoms with Crippen LogP contribution in [0.1, 0.15) is 50.7 Å². The van der Waals surface area contributed by atoms with Gasteiger partial charge in [-0.25, -0.2) is 0 Å². The first-order valence-corrected chi connectivity index (χ1v) is 29.1.